The number of fused-ring (bicyclic) bond motifs is 1. The van der Waals surface area contributed by atoms with E-state index < -0.39 is 12.0 Å². The minimum absolute atomic E-state index is 0.372. The van der Waals surface area contributed by atoms with Crippen molar-refractivity contribution >= 4 is 17.1 Å². The van der Waals surface area contributed by atoms with Crippen molar-refractivity contribution in [2.75, 3.05) is 0 Å². The quantitative estimate of drug-likeness (QED) is 0.795. The molecule has 6 nitrogen and oxygen atoms in total. The first-order chi connectivity index (χ1) is 7.54. The van der Waals surface area contributed by atoms with E-state index in [2.05, 4.69) is 4.98 Å². The highest BCUT2D eigenvalue weighted by Crippen LogP contribution is 2.13. The molecule has 0 aromatic carbocycles. The van der Waals surface area contributed by atoms with Crippen molar-refractivity contribution < 1.29 is 9.90 Å². The molecule has 0 amide bonds. The van der Waals surface area contributed by atoms with Gasteiger partial charge in [0.2, 0.25) is 0 Å². The lowest BCUT2D eigenvalue weighted by Crippen LogP contribution is -2.28. The molecule has 2 aromatic rings. The third-order valence-corrected chi connectivity index (χ3v) is 2.58. The van der Waals surface area contributed by atoms with Crippen LogP contribution in [-0.2, 0) is 11.8 Å². The lowest BCUT2D eigenvalue weighted by molar-refractivity contribution is -0.140. The Morgan fingerprint density at radius 1 is 1.56 bits per heavy atom. The number of carbonyl (C=O) groups is 1. The Morgan fingerprint density at radius 2 is 2.25 bits per heavy atom. The number of hydrogen-bond acceptors (Lipinski definition) is 3. The molecule has 0 aliphatic heterocycles. The molecule has 6 heteroatoms. The number of carboxylic acid groups (broad SMARTS) is 1. The van der Waals surface area contributed by atoms with Crippen LogP contribution in [0.25, 0.3) is 11.2 Å². The molecule has 16 heavy (non-hydrogen) atoms. The van der Waals surface area contributed by atoms with E-state index in [-0.39, 0.29) is 5.69 Å². The van der Waals surface area contributed by atoms with Gasteiger partial charge in [-0.05, 0) is 19.1 Å². The van der Waals surface area contributed by atoms with Crippen molar-refractivity contribution in [2.45, 2.75) is 13.0 Å². The Balaban J connectivity index is 2.84. The molecule has 0 saturated carbocycles. The molecule has 0 fully saturated rings. The van der Waals surface area contributed by atoms with Crippen LogP contribution in [0.3, 0.4) is 0 Å². The molecule has 0 aliphatic carbocycles. The van der Waals surface area contributed by atoms with Gasteiger partial charge < -0.3 is 5.11 Å². The van der Waals surface area contributed by atoms with Crippen LogP contribution in [0.15, 0.2) is 23.1 Å². The van der Waals surface area contributed by atoms with Crippen LogP contribution in [0.4, 0.5) is 0 Å². The topological polar surface area (TPSA) is 77.1 Å². The zero-order valence-corrected chi connectivity index (χ0v) is 8.91. The van der Waals surface area contributed by atoms with E-state index in [9.17, 15) is 9.59 Å². The maximum atomic E-state index is 11.9. The number of imidazole rings is 1. The first-order valence-electron chi connectivity index (χ1n) is 4.78. The predicted octanol–water partition coefficient (Wildman–Crippen LogP) is 0.381. The summed E-state index contributed by atoms with van der Waals surface area (Å²) >= 11 is 0. The number of rotatable bonds is 2. The summed E-state index contributed by atoms with van der Waals surface area (Å²) in [7, 11) is 1.57. The zero-order valence-electron chi connectivity index (χ0n) is 8.91. The summed E-state index contributed by atoms with van der Waals surface area (Å²) in [5.74, 6) is -1.04. The monoisotopic (exact) mass is 221 g/mol. The Kier molecular flexibility index (Phi) is 2.26. The van der Waals surface area contributed by atoms with Crippen LogP contribution in [0, 0.1) is 0 Å². The van der Waals surface area contributed by atoms with E-state index >= 15 is 0 Å². The fraction of sp³-hybridized carbons (Fsp3) is 0.300. The number of hydrogen-bond donors (Lipinski definition) is 1. The fourth-order valence-corrected chi connectivity index (χ4v) is 1.67. The van der Waals surface area contributed by atoms with Crippen LogP contribution in [0.1, 0.15) is 13.0 Å². The summed E-state index contributed by atoms with van der Waals surface area (Å²) in [5, 5.41) is 8.94. The average molecular weight is 221 g/mol. The number of pyridine rings is 1. The van der Waals surface area contributed by atoms with Crippen LogP contribution in [-0.4, -0.2) is 25.2 Å². The van der Waals surface area contributed by atoms with E-state index in [1.807, 2.05) is 0 Å². The van der Waals surface area contributed by atoms with Crippen LogP contribution in [0.2, 0.25) is 0 Å². The van der Waals surface area contributed by atoms with E-state index in [0.29, 0.717) is 11.2 Å². The maximum absolute atomic E-state index is 11.9. The minimum atomic E-state index is -1.04. The first kappa shape index (κ1) is 10.4. The van der Waals surface area contributed by atoms with Gasteiger partial charge in [0.15, 0.2) is 5.65 Å². The molecule has 1 unspecified atom stereocenters. The molecule has 0 spiro atoms. The van der Waals surface area contributed by atoms with E-state index in [1.54, 1.807) is 25.4 Å². The molecule has 0 bridgehead atoms. The molecule has 1 atom stereocenters. The first-order valence-corrected chi connectivity index (χ1v) is 4.78. The van der Waals surface area contributed by atoms with Gasteiger partial charge in [0, 0.05) is 13.2 Å². The smallest absolute Gasteiger partial charge is 0.330 e. The highest BCUT2D eigenvalue weighted by atomic mass is 16.4. The Labute approximate surface area is 90.8 Å². The Bertz CT molecular complexity index is 611. The van der Waals surface area contributed by atoms with Gasteiger partial charge in [-0.1, -0.05) is 0 Å². The van der Waals surface area contributed by atoms with Crippen molar-refractivity contribution in [2.24, 2.45) is 7.05 Å². The number of carboxylic acids is 1. The van der Waals surface area contributed by atoms with Gasteiger partial charge in [-0.15, -0.1) is 0 Å². The van der Waals surface area contributed by atoms with Gasteiger partial charge >= 0.3 is 11.7 Å². The Morgan fingerprint density at radius 3 is 2.88 bits per heavy atom. The molecule has 2 heterocycles. The minimum Gasteiger partial charge on any atom is -0.480 e. The zero-order chi connectivity index (χ0) is 11.9. The van der Waals surface area contributed by atoms with Gasteiger partial charge in [0.05, 0.1) is 5.52 Å². The van der Waals surface area contributed by atoms with Crippen molar-refractivity contribution in [1.29, 1.82) is 0 Å². The lowest BCUT2D eigenvalue weighted by atomic mass is 10.3. The highest BCUT2D eigenvalue weighted by Gasteiger charge is 2.20. The van der Waals surface area contributed by atoms with Gasteiger partial charge in [-0.2, -0.15) is 0 Å². The van der Waals surface area contributed by atoms with E-state index in [0.717, 1.165) is 0 Å². The second kappa shape index (κ2) is 3.48. The summed E-state index contributed by atoms with van der Waals surface area (Å²) in [5.41, 5.74) is 0.647. The second-order valence-electron chi connectivity index (χ2n) is 3.57. The molecule has 0 radical (unpaired) electrons. The normalized spacial score (nSPS) is 12.9. The third-order valence-electron chi connectivity index (χ3n) is 2.58. The van der Waals surface area contributed by atoms with E-state index in [1.165, 1.54) is 16.1 Å². The molecule has 2 aromatic heterocycles. The van der Waals surface area contributed by atoms with Gasteiger partial charge in [-0.25, -0.2) is 14.6 Å². The van der Waals surface area contributed by atoms with E-state index in [4.69, 9.17) is 5.11 Å². The summed E-state index contributed by atoms with van der Waals surface area (Å²) in [6.45, 7) is 1.47. The molecule has 84 valence electrons. The SMILES string of the molecule is CC(C(=O)O)n1c(=O)n(C)c2ncccc21. The lowest BCUT2D eigenvalue weighted by Gasteiger charge is -2.07. The predicted molar refractivity (Wildman–Crippen MR) is 57.3 cm³/mol. The standard InChI is InChI=1S/C10H11N3O3/c1-6(9(14)15)13-7-4-3-5-11-8(7)12(2)10(13)16/h3-6H,1-2H3,(H,14,15). The molecular weight excluding hydrogens is 210 g/mol. The van der Waals surface area contributed by atoms with Crippen LogP contribution >= 0.6 is 0 Å². The molecular formula is C10H11N3O3. The van der Waals surface area contributed by atoms with Crippen molar-refractivity contribution in [3.8, 4) is 0 Å². The molecule has 1 N–H and O–H groups in total. The maximum Gasteiger partial charge on any atom is 0.330 e. The van der Waals surface area contributed by atoms with Crippen molar-refractivity contribution in [3.05, 3.63) is 28.8 Å². The largest absolute Gasteiger partial charge is 0.480 e. The van der Waals surface area contributed by atoms with Crippen LogP contribution < -0.4 is 5.69 Å². The summed E-state index contributed by atoms with van der Waals surface area (Å²) in [6, 6.07) is 2.45. The Hall–Kier alpha value is -2.11. The molecule has 0 saturated heterocycles. The van der Waals surface area contributed by atoms with Crippen molar-refractivity contribution in [1.82, 2.24) is 14.1 Å². The fourth-order valence-electron chi connectivity index (χ4n) is 1.67. The van der Waals surface area contributed by atoms with Gasteiger partial charge in [0.25, 0.3) is 0 Å². The van der Waals surface area contributed by atoms with Gasteiger partial charge in [-0.3, -0.25) is 9.13 Å². The molecule has 2 rings (SSSR count). The summed E-state index contributed by atoms with van der Waals surface area (Å²) < 4.78 is 2.57. The number of nitrogens with zero attached hydrogens (tertiary/aromatic N) is 3. The highest BCUT2D eigenvalue weighted by molar-refractivity contribution is 5.77. The summed E-state index contributed by atoms with van der Waals surface area (Å²) in [4.78, 5) is 26.8. The summed E-state index contributed by atoms with van der Waals surface area (Å²) in [6.07, 6.45) is 1.57. The third kappa shape index (κ3) is 1.30. The van der Waals surface area contributed by atoms with Gasteiger partial charge in [0.1, 0.15) is 6.04 Å². The van der Waals surface area contributed by atoms with Crippen molar-refractivity contribution in [3.63, 3.8) is 0 Å². The number of aromatic nitrogens is 3. The van der Waals surface area contributed by atoms with Crippen LogP contribution in [0.5, 0.6) is 0 Å². The second-order valence-corrected chi connectivity index (χ2v) is 3.57. The number of aliphatic carboxylic acids is 1. The number of aryl methyl sites for hydroxylation is 1. The average Bonchev–Trinajstić information content (AvgIpc) is 2.52. The molecule has 0 aliphatic rings.